The lowest BCUT2D eigenvalue weighted by Crippen LogP contribution is -2.60. The van der Waals surface area contributed by atoms with Crippen LogP contribution in [0.1, 0.15) is 46.5 Å². The molecular formula is C21H42N10O6. The van der Waals surface area contributed by atoms with Crippen molar-refractivity contribution in [1.82, 2.24) is 16.0 Å². The summed E-state index contributed by atoms with van der Waals surface area (Å²) in [5.41, 5.74) is 26.8. The number of nitrogens with zero attached hydrogens (tertiary/aromatic N) is 2. The average molecular weight is 531 g/mol. The van der Waals surface area contributed by atoms with Crippen molar-refractivity contribution in [3.63, 3.8) is 0 Å². The minimum atomic E-state index is -1.49. The van der Waals surface area contributed by atoms with E-state index in [-0.39, 0.29) is 44.3 Å². The minimum Gasteiger partial charge on any atom is -0.480 e. The van der Waals surface area contributed by atoms with E-state index in [1.807, 2.05) is 0 Å². The summed E-state index contributed by atoms with van der Waals surface area (Å²) in [4.78, 5) is 57.3. The van der Waals surface area contributed by atoms with Crippen LogP contribution in [0.25, 0.3) is 0 Å². The Morgan fingerprint density at radius 1 is 0.757 bits per heavy atom. The highest BCUT2D eigenvalue weighted by molar-refractivity contribution is 5.94. The molecule has 0 aromatic carbocycles. The van der Waals surface area contributed by atoms with E-state index in [0.717, 1.165) is 0 Å². The molecule has 37 heavy (non-hydrogen) atoms. The highest BCUT2D eigenvalue weighted by Gasteiger charge is 2.33. The summed E-state index contributed by atoms with van der Waals surface area (Å²) in [5, 5.41) is 26.8. The standard InChI is InChI=1S/C21H42N10O6/c1-10(2)14(30-16(33)12(22)6-4-8-27-20(23)24)17(34)31-15(11(3)32)18(35)29-13(19(36)37)7-5-9-28-21(25)26/h10-15,32H,4-9,22H2,1-3H3,(H,29,35)(H,30,33)(H,31,34)(H,36,37)(H4,23,24,27)(H4,25,26,28). The molecule has 0 saturated carbocycles. The molecule has 0 radical (unpaired) electrons. The molecule has 0 spiro atoms. The topological polar surface area (TPSA) is 300 Å². The third-order valence-corrected chi connectivity index (χ3v) is 5.17. The number of aliphatic imine (C=N–C) groups is 2. The summed E-state index contributed by atoms with van der Waals surface area (Å²) >= 11 is 0. The predicted molar refractivity (Wildman–Crippen MR) is 138 cm³/mol. The Kier molecular flexibility index (Phi) is 15.2. The van der Waals surface area contributed by atoms with Crippen molar-refractivity contribution in [3.05, 3.63) is 0 Å². The first-order valence-corrected chi connectivity index (χ1v) is 11.9. The number of aliphatic carboxylic acids is 1. The Morgan fingerprint density at radius 3 is 1.65 bits per heavy atom. The summed E-state index contributed by atoms with van der Waals surface area (Å²) in [6, 6.07) is -4.81. The van der Waals surface area contributed by atoms with E-state index in [9.17, 15) is 29.4 Å². The molecular weight excluding hydrogens is 488 g/mol. The van der Waals surface area contributed by atoms with Crippen molar-refractivity contribution in [2.75, 3.05) is 13.1 Å². The van der Waals surface area contributed by atoms with Crippen molar-refractivity contribution in [3.8, 4) is 0 Å². The number of carbonyl (C=O) groups excluding carboxylic acids is 3. The Bertz CT molecular complexity index is 825. The molecule has 0 bridgehead atoms. The molecule has 3 amide bonds. The molecule has 15 N–H and O–H groups in total. The van der Waals surface area contributed by atoms with Crippen LogP contribution in [0.3, 0.4) is 0 Å². The number of nitrogens with two attached hydrogens (primary N) is 5. The quantitative estimate of drug-likeness (QED) is 0.0490. The van der Waals surface area contributed by atoms with Gasteiger partial charge < -0.3 is 54.8 Å². The van der Waals surface area contributed by atoms with E-state index in [1.165, 1.54) is 6.92 Å². The van der Waals surface area contributed by atoms with E-state index in [1.54, 1.807) is 13.8 Å². The van der Waals surface area contributed by atoms with Crippen molar-refractivity contribution in [2.45, 2.75) is 76.7 Å². The molecule has 0 aromatic rings. The van der Waals surface area contributed by atoms with Crippen molar-refractivity contribution >= 4 is 35.6 Å². The molecule has 5 atom stereocenters. The number of carboxylic acid groups (broad SMARTS) is 1. The first-order valence-electron chi connectivity index (χ1n) is 11.9. The fourth-order valence-corrected chi connectivity index (χ4v) is 3.12. The lowest BCUT2D eigenvalue weighted by Gasteiger charge is -2.28. The molecule has 212 valence electrons. The van der Waals surface area contributed by atoms with Crippen LogP contribution in [0.5, 0.6) is 0 Å². The number of rotatable bonds is 17. The smallest absolute Gasteiger partial charge is 0.326 e. The zero-order chi connectivity index (χ0) is 28.7. The monoisotopic (exact) mass is 530 g/mol. The van der Waals surface area contributed by atoms with Crippen molar-refractivity contribution in [2.24, 2.45) is 44.6 Å². The second-order valence-electron chi connectivity index (χ2n) is 8.86. The van der Waals surface area contributed by atoms with E-state index >= 15 is 0 Å². The van der Waals surface area contributed by atoms with Gasteiger partial charge in [-0.05, 0) is 38.5 Å². The van der Waals surface area contributed by atoms with Gasteiger partial charge in [0.1, 0.15) is 18.1 Å². The second kappa shape index (κ2) is 16.9. The van der Waals surface area contributed by atoms with Gasteiger partial charge in [0.15, 0.2) is 11.9 Å². The maximum Gasteiger partial charge on any atom is 0.326 e. The molecule has 0 aliphatic rings. The van der Waals surface area contributed by atoms with E-state index in [2.05, 4.69) is 25.9 Å². The zero-order valence-corrected chi connectivity index (χ0v) is 21.5. The maximum atomic E-state index is 12.9. The van der Waals surface area contributed by atoms with Gasteiger partial charge in [-0.3, -0.25) is 24.4 Å². The SMILES string of the molecule is CC(C)C(NC(=O)C(N)CCCN=C(N)N)C(=O)NC(C(=O)NC(CCCN=C(N)N)C(=O)O)C(C)O. The number of hydrogen-bond acceptors (Lipinski definition) is 8. The highest BCUT2D eigenvalue weighted by Crippen LogP contribution is 2.07. The van der Waals surface area contributed by atoms with Gasteiger partial charge >= 0.3 is 5.97 Å². The molecule has 0 saturated heterocycles. The average Bonchev–Trinajstić information content (AvgIpc) is 2.78. The largest absolute Gasteiger partial charge is 0.480 e. The molecule has 0 rings (SSSR count). The lowest BCUT2D eigenvalue weighted by molar-refractivity contribution is -0.143. The Balaban J connectivity index is 5.23. The maximum absolute atomic E-state index is 12.9. The fourth-order valence-electron chi connectivity index (χ4n) is 3.12. The molecule has 0 heterocycles. The molecule has 16 heteroatoms. The van der Waals surface area contributed by atoms with Crippen molar-refractivity contribution in [1.29, 1.82) is 0 Å². The number of nitrogens with one attached hydrogen (secondary N) is 3. The summed E-state index contributed by atoms with van der Waals surface area (Å²) in [6.07, 6.45) is -0.417. The summed E-state index contributed by atoms with van der Waals surface area (Å²) in [5.74, 6) is -4.20. The lowest BCUT2D eigenvalue weighted by atomic mass is 10.0. The van der Waals surface area contributed by atoms with Gasteiger partial charge in [-0.2, -0.15) is 0 Å². The number of aliphatic hydroxyl groups is 1. The molecule has 0 aromatic heterocycles. The van der Waals surface area contributed by atoms with Gasteiger partial charge in [0.25, 0.3) is 0 Å². The Labute approximate surface area is 215 Å². The zero-order valence-electron chi connectivity index (χ0n) is 21.5. The Morgan fingerprint density at radius 2 is 1.22 bits per heavy atom. The molecule has 5 unspecified atom stereocenters. The van der Waals surface area contributed by atoms with E-state index in [4.69, 9.17) is 28.7 Å². The van der Waals surface area contributed by atoms with Gasteiger partial charge in [0, 0.05) is 13.1 Å². The van der Waals surface area contributed by atoms with Gasteiger partial charge in [-0.15, -0.1) is 0 Å². The van der Waals surface area contributed by atoms with Crippen molar-refractivity contribution < 1.29 is 29.4 Å². The van der Waals surface area contributed by atoms with Crippen LogP contribution in [0.2, 0.25) is 0 Å². The van der Waals surface area contributed by atoms with Crippen LogP contribution in [-0.4, -0.2) is 89.2 Å². The second-order valence-corrected chi connectivity index (χ2v) is 8.86. The predicted octanol–water partition coefficient (Wildman–Crippen LogP) is -4.00. The molecule has 16 nitrogen and oxygen atoms in total. The minimum absolute atomic E-state index is 0.00405. The number of hydrogen-bond donors (Lipinski definition) is 10. The van der Waals surface area contributed by atoms with Crippen LogP contribution in [-0.2, 0) is 19.2 Å². The number of aliphatic hydroxyl groups excluding tert-OH is 1. The summed E-state index contributed by atoms with van der Waals surface area (Å²) in [6.45, 7) is 5.04. The first-order chi connectivity index (χ1) is 17.2. The number of carbonyl (C=O) groups is 4. The number of carboxylic acids is 1. The normalized spacial score (nSPS) is 14.9. The van der Waals surface area contributed by atoms with Crippen LogP contribution in [0.15, 0.2) is 9.98 Å². The molecule has 0 aliphatic heterocycles. The van der Waals surface area contributed by atoms with Crippen LogP contribution in [0.4, 0.5) is 0 Å². The van der Waals surface area contributed by atoms with E-state index in [0.29, 0.717) is 6.42 Å². The van der Waals surface area contributed by atoms with Crippen LogP contribution in [0, 0.1) is 5.92 Å². The third kappa shape index (κ3) is 13.9. The van der Waals surface area contributed by atoms with Crippen LogP contribution >= 0.6 is 0 Å². The van der Waals surface area contributed by atoms with Crippen LogP contribution < -0.4 is 44.6 Å². The molecule has 0 aliphatic carbocycles. The first kappa shape index (κ1) is 33.3. The Hall–Kier alpha value is -3.66. The highest BCUT2D eigenvalue weighted by atomic mass is 16.4. The number of amides is 3. The van der Waals surface area contributed by atoms with Gasteiger partial charge in [0.05, 0.1) is 12.1 Å². The number of guanidine groups is 2. The molecule has 0 fully saturated rings. The van der Waals surface area contributed by atoms with E-state index < -0.39 is 59.9 Å². The summed E-state index contributed by atoms with van der Waals surface area (Å²) < 4.78 is 0. The fraction of sp³-hybridized carbons (Fsp3) is 0.714. The van der Waals surface area contributed by atoms with Gasteiger partial charge in [-0.1, -0.05) is 13.8 Å². The summed E-state index contributed by atoms with van der Waals surface area (Å²) in [7, 11) is 0. The van der Waals surface area contributed by atoms with Gasteiger partial charge in [0.2, 0.25) is 17.7 Å². The van der Waals surface area contributed by atoms with Gasteiger partial charge in [-0.25, -0.2) is 4.79 Å². The third-order valence-electron chi connectivity index (χ3n) is 5.17.